The van der Waals surface area contributed by atoms with Crippen LogP contribution in [0.1, 0.15) is 50.8 Å². The number of piperidine rings is 2. The SMILES string of the molecule is N#Cc1ncn(-c2ccc(-c3ncc(N(C4CC4)[C@@H]4C[C@H]5CCC[C@@H](C4)N5)nn3)c(O)c2)n1. The summed E-state index contributed by atoms with van der Waals surface area (Å²) in [5, 5.41) is 36.2. The fourth-order valence-electron chi connectivity index (χ4n) is 5.29. The highest BCUT2D eigenvalue weighted by Crippen LogP contribution is 2.38. The lowest BCUT2D eigenvalue weighted by Gasteiger charge is -2.45. The molecule has 4 heterocycles. The zero-order chi connectivity index (χ0) is 22.4. The van der Waals surface area contributed by atoms with Crippen LogP contribution in [0, 0.1) is 11.3 Å². The van der Waals surface area contributed by atoms with Gasteiger partial charge in [0.2, 0.25) is 0 Å². The molecule has 2 aromatic heterocycles. The van der Waals surface area contributed by atoms with Crippen LogP contribution < -0.4 is 10.2 Å². The van der Waals surface area contributed by atoms with Crippen molar-refractivity contribution < 1.29 is 5.11 Å². The Labute approximate surface area is 191 Å². The summed E-state index contributed by atoms with van der Waals surface area (Å²) in [4.78, 5) is 10.9. The molecule has 2 aliphatic heterocycles. The van der Waals surface area contributed by atoms with Gasteiger partial charge in [-0.1, -0.05) is 6.42 Å². The first-order valence-electron chi connectivity index (χ1n) is 11.6. The Hall–Kier alpha value is -3.58. The van der Waals surface area contributed by atoms with Crippen molar-refractivity contribution in [3.63, 3.8) is 0 Å². The van der Waals surface area contributed by atoms with Crippen molar-refractivity contribution in [2.24, 2.45) is 0 Å². The molecule has 3 aromatic rings. The molecular weight excluding hydrogens is 418 g/mol. The largest absolute Gasteiger partial charge is 0.507 e. The number of rotatable bonds is 5. The Bertz CT molecular complexity index is 1190. The van der Waals surface area contributed by atoms with E-state index in [-0.39, 0.29) is 11.6 Å². The van der Waals surface area contributed by atoms with Crippen LogP contribution in [0.3, 0.4) is 0 Å². The number of aromatic hydroxyl groups is 1. The van der Waals surface area contributed by atoms with Crippen molar-refractivity contribution >= 4 is 5.82 Å². The van der Waals surface area contributed by atoms with E-state index in [4.69, 9.17) is 5.26 Å². The van der Waals surface area contributed by atoms with Gasteiger partial charge < -0.3 is 15.3 Å². The maximum Gasteiger partial charge on any atom is 0.252 e. The summed E-state index contributed by atoms with van der Waals surface area (Å²) < 4.78 is 1.44. The van der Waals surface area contributed by atoms with Crippen LogP contribution >= 0.6 is 0 Å². The number of aromatic nitrogens is 6. The Kier molecular flexibility index (Phi) is 4.91. The molecular formula is C23H25N9O. The number of hydrogen-bond donors (Lipinski definition) is 2. The van der Waals surface area contributed by atoms with Gasteiger partial charge in [0.25, 0.3) is 5.82 Å². The number of anilines is 1. The van der Waals surface area contributed by atoms with E-state index in [1.54, 1.807) is 24.4 Å². The molecule has 2 bridgehead atoms. The number of phenols is 1. The summed E-state index contributed by atoms with van der Waals surface area (Å²) in [5.74, 6) is 1.28. The van der Waals surface area contributed by atoms with E-state index in [9.17, 15) is 5.11 Å². The second kappa shape index (κ2) is 8.08. The van der Waals surface area contributed by atoms with Gasteiger partial charge in [-0.3, -0.25) is 0 Å². The number of nitriles is 1. The molecule has 10 heteroatoms. The predicted octanol–water partition coefficient (Wildman–Crippen LogP) is 2.34. The zero-order valence-corrected chi connectivity index (χ0v) is 18.2. The Morgan fingerprint density at radius 1 is 1.06 bits per heavy atom. The fraction of sp³-hybridized carbons (Fsp3) is 0.478. The average Bonchev–Trinajstić information content (AvgIpc) is 3.54. The van der Waals surface area contributed by atoms with Gasteiger partial charge in [0.15, 0.2) is 11.6 Å². The topological polar surface area (TPSA) is 129 Å². The lowest BCUT2D eigenvalue weighted by molar-refractivity contribution is 0.215. The molecule has 3 atom stereocenters. The van der Waals surface area contributed by atoms with Gasteiger partial charge in [-0.05, 0) is 50.7 Å². The molecule has 0 amide bonds. The molecule has 2 N–H and O–H groups in total. The molecule has 2 saturated heterocycles. The van der Waals surface area contributed by atoms with Crippen molar-refractivity contribution in [1.29, 1.82) is 5.26 Å². The first kappa shape index (κ1) is 20.1. The first-order chi connectivity index (χ1) is 16.2. The number of hydrogen-bond acceptors (Lipinski definition) is 9. The van der Waals surface area contributed by atoms with Crippen LogP contribution in [-0.4, -0.2) is 59.2 Å². The predicted molar refractivity (Wildman–Crippen MR) is 120 cm³/mol. The Morgan fingerprint density at radius 3 is 2.52 bits per heavy atom. The normalized spacial score (nSPS) is 24.3. The van der Waals surface area contributed by atoms with Crippen LogP contribution in [0.4, 0.5) is 5.82 Å². The summed E-state index contributed by atoms with van der Waals surface area (Å²) in [6.45, 7) is 0. The first-order valence-corrected chi connectivity index (χ1v) is 11.6. The van der Waals surface area contributed by atoms with Crippen molar-refractivity contribution in [2.75, 3.05) is 4.90 Å². The number of nitrogens with zero attached hydrogens (tertiary/aromatic N) is 8. The highest BCUT2D eigenvalue weighted by atomic mass is 16.3. The lowest BCUT2D eigenvalue weighted by atomic mass is 9.83. The van der Waals surface area contributed by atoms with Gasteiger partial charge >= 0.3 is 0 Å². The van der Waals surface area contributed by atoms with Crippen LogP contribution in [0.5, 0.6) is 5.75 Å². The van der Waals surface area contributed by atoms with Gasteiger partial charge in [-0.25, -0.2) is 14.6 Å². The summed E-state index contributed by atoms with van der Waals surface area (Å²) >= 11 is 0. The monoisotopic (exact) mass is 443 g/mol. The molecule has 1 aliphatic carbocycles. The summed E-state index contributed by atoms with van der Waals surface area (Å²) in [6, 6.07) is 9.15. The van der Waals surface area contributed by atoms with Crippen molar-refractivity contribution in [1.82, 2.24) is 35.3 Å². The molecule has 33 heavy (non-hydrogen) atoms. The molecule has 3 aliphatic rings. The maximum atomic E-state index is 10.6. The van der Waals surface area contributed by atoms with Crippen LogP contribution in [0.25, 0.3) is 17.1 Å². The smallest absolute Gasteiger partial charge is 0.252 e. The van der Waals surface area contributed by atoms with E-state index in [0.29, 0.717) is 41.2 Å². The van der Waals surface area contributed by atoms with E-state index < -0.39 is 0 Å². The second-order valence-corrected chi connectivity index (χ2v) is 9.22. The third kappa shape index (κ3) is 3.89. The molecule has 168 valence electrons. The Balaban J connectivity index is 1.24. The fourth-order valence-corrected chi connectivity index (χ4v) is 5.29. The minimum atomic E-state index is 0.0151. The minimum absolute atomic E-state index is 0.0151. The summed E-state index contributed by atoms with van der Waals surface area (Å²) in [6.07, 6.45) is 11.8. The Morgan fingerprint density at radius 2 is 1.88 bits per heavy atom. The number of phenolic OH excluding ortho intramolecular Hbond substituents is 1. The third-order valence-electron chi connectivity index (χ3n) is 6.92. The minimum Gasteiger partial charge on any atom is -0.507 e. The van der Waals surface area contributed by atoms with Crippen LogP contribution in [0.2, 0.25) is 0 Å². The zero-order valence-electron chi connectivity index (χ0n) is 18.2. The molecule has 6 rings (SSSR count). The maximum absolute atomic E-state index is 10.6. The number of nitrogens with one attached hydrogen (secondary N) is 1. The van der Waals surface area contributed by atoms with Crippen molar-refractivity contribution in [3.8, 4) is 28.9 Å². The quantitative estimate of drug-likeness (QED) is 0.610. The van der Waals surface area contributed by atoms with E-state index >= 15 is 0 Å². The van der Waals surface area contributed by atoms with E-state index in [2.05, 4.69) is 35.5 Å². The van der Waals surface area contributed by atoms with Crippen LogP contribution in [-0.2, 0) is 0 Å². The standard InChI is InChI=1S/C23H25N9O/c24-11-21-26-13-31(30-21)17-6-7-19(20(33)10-17)23-25-12-22(28-29-23)32(16-4-5-16)18-8-14-2-1-3-15(9-18)27-14/h6-7,10,12-16,18,27,33H,1-5,8-9H2/t14-,15+,18-. The highest BCUT2D eigenvalue weighted by Gasteiger charge is 2.40. The molecule has 0 radical (unpaired) electrons. The number of benzene rings is 1. The second-order valence-electron chi connectivity index (χ2n) is 9.22. The lowest BCUT2D eigenvalue weighted by Crippen LogP contribution is -2.55. The summed E-state index contributed by atoms with van der Waals surface area (Å²) in [7, 11) is 0. The molecule has 10 nitrogen and oxygen atoms in total. The highest BCUT2D eigenvalue weighted by molar-refractivity contribution is 5.66. The third-order valence-corrected chi connectivity index (χ3v) is 6.92. The van der Waals surface area contributed by atoms with Crippen molar-refractivity contribution in [2.45, 2.75) is 69.1 Å². The van der Waals surface area contributed by atoms with Gasteiger partial charge in [0, 0.05) is 30.2 Å². The van der Waals surface area contributed by atoms with Gasteiger partial charge in [0.1, 0.15) is 18.1 Å². The van der Waals surface area contributed by atoms with Gasteiger partial charge in [0.05, 0.1) is 17.4 Å². The molecule has 1 aromatic carbocycles. The van der Waals surface area contributed by atoms with Crippen LogP contribution in [0.15, 0.2) is 30.7 Å². The molecule has 1 saturated carbocycles. The molecule has 3 fully saturated rings. The molecule has 0 unspecified atom stereocenters. The molecule has 0 spiro atoms. The number of fused-ring (bicyclic) bond motifs is 2. The van der Waals surface area contributed by atoms with E-state index in [0.717, 1.165) is 18.7 Å². The summed E-state index contributed by atoms with van der Waals surface area (Å²) in [5.41, 5.74) is 1.08. The average molecular weight is 444 g/mol. The van der Waals surface area contributed by atoms with E-state index in [1.807, 2.05) is 6.07 Å². The van der Waals surface area contributed by atoms with Gasteiger partial charge in [-0.2, -0.15) is 5.26 Å². The van der Waals surface area contributed by atoms with E-state index in [1.165, 1.54) is 43.1 Å². The van der Waals surface area contributed by atoms with Gasteiger partial charge in [-0.15, -0.1) is 15.3 Å². The van der Waals surface area contributed by atoms with Crippen molar-refractivity contribution in [3.05, 3.63) is 36.5 Å².